The third-order valence-electron chi connectivity index (χ3n) is 3.82. The molecule has 2 aliphatic heterocycles. The van der Waals surface area contributed by atoms with Gasteiger partial charge in [-0.1, -0.05) is 0 Å². The molecule has 8 nitrogen and oxygen atoms in total. The van der Waals surface area contributed by atoms with Crippen LogP contribution in [0.1, 0.15) is 11.1 Å². The van der Waals surface area contributed by atoms with Crippen molar-refractivity contribution in [2.24, 2.45) is 21.5 Å². The minimum absolute atomic E-state index is 0.120. The van der Waals surface area contributed by atoms with Crippen LogP contribution in [0.5, 0.6) is 11.5 Å². The average molecular weight is 303 g/mol. The van der Waals surface area contributed by atoms with Gasteiger partial charge in [-0.3, -0.25) is 4.79 Å². The molecule has 8 heteroatoms. The third-order valence-corrected chi connectivity index (χ3v) is 3.82. The lowest BCUT2D eigenvalue weighted by atomic mass is 9.94. The molecule has 1 unspecified atom stereocenters. The molecule has 116 valence electrons. The van der Waals surface area contributed by atoms with Gasteiger partial charge < -0.3 is 25.8 Å². The Bertz CT molecular complexity index is 694. The van der Waals surface area contributed by atoms with Crippen molar-refractivity contribution in [3.63, 3.8) is 0 Å². The van der Waals surface area contributed by atoms with Crippen LogP contribution in [0.15, 0.2) is 22.1 Å². The van der Waals surface area contributed by atoms with E-state index in [0.717, 1.165) is 11.1 Å². The number of nitrogens with two attached hydrogens (primary N) is 2. The lowest BCUT2D eigenvalue weighted by Gasteiger charge is -2.31. The van der Waals surface area contributed by atoms with Crippen LogP contribution >= 0.6 is 0 Å². The number of guanidine groups is 2. The molecule has 0 radical (unpaired) electrons. The summed E-state index contributed by atoms with van der Waals surface area (Å²) in [5.41, 5.74) is 12.8. The highest BCUT2D eigenvalue weighted by molar-refractivity contribution is 6.06. The summed E-state index contributed by atoms with van der Waals surface area (Å²) in [5.74, 6) is 1.19. The maximum atomic E-state index is 12.1. The zero-order valence-electron chi connectivity index (χ0n) is 12.4. The van der Waals surface area contributed by atoms with Gasteiger partial charge in [-0.2, -0.15) is 9.98 Å². The summed E-state index contributed by atoms with van der Waals surface area (Å²) in [5, 5.41) is 0. The minimum atomic E-state index is -0.372. The molecular formula is C14H17N5O3. The number of ether oxygens (including phenoxy) is 2. The van der Waals surface area contributed by atoms with Crippen LogP contribution in [0.2, 0.25) is 0 Å². The Morgan fingerprint density at radius 2 is 1.91 bits per heavy atom. The Kier molecular flexibility index (Phi) is 3.36. The fourth-order valence-corrected chi connectivity index (χ4v) is 2.79. The number of hydrogen-bond acceptors (Lipinski definition) is 5. The van der Waals surface area contributed by atoms with Gasteiger partial charge in [0.05, 0.1) is 14.2 Å². The van der Waals surface area contributed by atoms with Gasteiger partial charge in [-0.15, -0.1) is 0 Å². The maximum Gasteiger partial charge on any atom is 0.272 e. The molecule has 3 rings (SSSR count). The van der Waals surface area contributed by atoms with E-state index in [1.807, 2.05) is 12.1 Å². The molecule has 22 heavy (non-hydrogen) atoms. The van der Waals surface area contributed by atoms with E-state index in [1.54, 1.807) is 19.1 Å². The van der Waals surface area contributed by atoms with Gasteiger partial charge >= 0.3 is 0 Å². The van der Waals surface area contributed by atoms with Gasteiger partial charge in [0, 0.05) is 13.0 Å². The van der Waals surface area contributed by atoms with E-state index in [1.165, 1.54) is 0 Å². The first-order valence-corrected chi connectivity index (χ1v) is 6.76. The van der Waals surface area contributed by atoms with E-state index in [0.29, 0.717) is 24.5 Å². The molecule has 0 saturated carbocycles. The lowest BCUT2D eigenvalue weighted by molar-refractivity contribution is -0.120. The number of amides is 1. The topological polar surface area (TPSA) is 116 Å². The quantitative estimate of drug-likeness (QED) is 0.567. The smallest absolute Gasteiger partial charge is 0.272 e. The predicted molar refractivity (Wildman–Crippen MR) is 80.8 cm³/mol. The molecule has 0 aromatic heterocycles. The fraction of sp³-hybridized carbons (Fsp3) is 0.357. The van der Waals surface area contributed by atoms with Crippen LogP contribution in [0.25, 0.3) is 0 Å². The van der Waals surface area contributed by atoms with E-state index >= 15 is 0 Å². The van der Waals surface area contributed by atoms with E-state index in [2.05, 4.69) is 9.98 Å². The lowest BCUT2D eigenvalue weighted by Crippen LogP contribution is -2.43. The Balaban J connectivity index is 1.99. The summed E-state index contributed by atoms with van der Waals surface area (Å²) in [6, 6.07) is 3.43. The number of nitrogens with zero attached hydrogens (tertiary/aromatic N) is 3. The van der Waals surface area contributed by atoms with Gasteiger partial charge in [0.15, 0.2) is 17.5 Å². The maximum absolute atomic E-state index is 12.1. The fourth-order valence-electron chi connectivity index (χ4n) is 2.79. The summed E-state index contributed by atoms with van der Waals surface area (Å²) in [4.78, 5) is 21.7. The number of rotatable bonds is 2. The predicted octanol–water partition coefficient (Wildman–Crippen LogP) is -0.400. The summed E-state index contributed by atoms with van der Waals surface area (Å²) < 4.78 is 10.6. The molecular weight excluding hydrogens is 286 g/mol. The Morgan fingerprint density at radius 3 is 2.50 bits per heavy atom. The standard InChI is InChI=1S/C14H17N5O3/c1-21-10-4-7-3-9-12(20)17-14(18-13(15)16)19(9)6-8(7)5-11(10)22-2/h4-5,9H,3,6H2,1-2H3,(H4,15,16,17,18,20). The van der Waals surface area contributed by atoms with E-state index < -0.39 is 0 Å². The van der Waals surface area contributed by atoms with Gasteiger partial charge in [0.1, 0.15) is 6.04 Å². The summed E-state index contributed by atoms with van der Waals surface area (Å²) >= 11 is 0. The second kappa shape index (κ2) is 5.21. The molecule has 0 bridgehead atoms. The number of carbonyl (C=O) groups excluding carboxylic acids is 1. The summed E-state index contributed by atoms with van der Waals surface area (Å²) in [6.07, 6.45) is 0.529. The molecule has 2 aliphatic rings. The number of methoxy groups -OCH3 is 2. The Morgan fingerprint density at radius 1 is 1.27 bits per heavy atom. The van der Waals surface area contributed by atoms with Crippen LogP contribution in [-0.2, 0) is 17.8 Å². The van der Waals surface area contributed by atoms with Crippen LogP contribution in [0.4, 0.5) is 0 Å². The first-order chi connectivity index (χ1) is 10.5. The van der Waals surface area contributed by atoms with Crippen molar-refractivity contribution in [1.29, 1.82) is 0 Å². The molecule has 0 saturated heterocycles. The first kappa shape index (κ1) is 14.2. The van der Waals surface area contributed by atoms with Crippen molar-refractivity contribution >= 4 is 17.8 Å². The molecule has 1 aromatic carbocycles. The van der Waals surface area contributed by atoms with Gasteiger partial charge in [-0.25, -0.2) is 0 Å². The van der Waals surface area contributed by atoms with Crippen LogP contribution in [-0.4, -0.2) is 43.0 Å². The minimum Gasteiger partial charge on any atom is -0.493 e. The van der Waals surface area contributed by atoms with Crippen molar-refractivity contribution in [3.05, 3.63) is 23.3 Å². The third kappa shape index (κ3) is 2.22. The van der Waals surface area contributed by atoms with E-state index in [4.69, 9.17) is 20.9 Å². The average Bonchev–Trinajstić information content (AvgIpc) is 2.78. The zero-order chi connectivity index (χ0) is 15.9. The van der Waals surface area contributed by atoms with Crippen LogP contribution in [0.3, 0.4) is 0 Å². The molecule has 4 N–H and O–H groups in total. The monoisotopic (exact) mass is 303 g/mol. The van der Waals surface area contributed by atoms with Crippen molar-refractivity contribution in [2.45, 2.75) is 19.0 Å². The molecule has 1 atom stereocenters. The number of hydrogen-bond donors (Lipinski definition) is 2. The van der Waals surface area contributed by atoms with E-state index in [9.17, 15) is 4.79 Å². The van der Waals surface area contributed by atoms with Crippen molar-refractivity contribution in [3.8, 4) is 11.5 Å². The number of aliphatic imine (C=N–C) groups is 2. The molecule has 2 heterocycles. The summed E-state index contributed by atoms with van der Waals surface area (Å²) in [7, 11) is 3.17. The first-order valence-electron chi connectivity index (χ1n) is 6.76. The molecule has 1 amide bonds. The molecule has 0 aliphatic carbocycles. The SMILES string of the molecule is COc1cc2c(cc1OC)CN1C(N=C(N)N)=NC(=O)C1C2. The number of benzene rings is 1. The normalized spacial score (nSPS) is 19.2. The highest BCUT2D eigenvalue weighted by atomic mass is 16.5. The highest BCUT2D eigenvalue weighted by Gasteiger charge is 2.39. The highest BCUT2D eigenvalue weighted by Crippen LogP contribution is 2.36. The van der Waals surface area contributed by atoms with Crippen molar-refractivity contribution in [2.75, 3.05) is 14.2 Å². The van der Waals surface area contributed by atoms with Gasteiger partial charge in [-0.05, 0) is 23.3 Å². The zero-order valence-corrected chi connectivity index (χ0v) is 12.4. The van der Waals surface area contributed by atoms with E-state index in [-0.39, 0.29) is 23.9 Å². The second-order valence-electron chi connectivity index (χ2n) is 5.11. The van der Waals surface area contributed by atoms with Gasteiger partial charge in [0.2, 0.25) is 5.96 Å². The molecule has 1 aromatic rings. The number of fused-ring (bicyclic) bond motifs is 2. The number of carbonyl (C=O) groups is 1. The molecule has 0 fully saturated rings. The van der Waals surface area contributed by atoms with Crippen LogP contribution in [0, 0.1) is 0 Å². The molecule has 0 spiro atoms. The van der Waals surface area contributed by atoms with Crippen molar-refractivity contribution < 1.29 is 14.3 Å². The Labute approximate surface area is 127 Å². The van der Waals surface area contributed by atoms with Crippen molar-refractivity contribution in [1.82, 2.24) is 4.90 Å². The van der Waals surface area contributed by atoms with Gasteiger partial charge in [0.25, 0.3) is 5.91 Å². The second-order valence-corrected chi connectivity index (χ2v) is 5.11. The Hall–Kier alpha value is -2.77. The van der Waals surface area contributed by atoms with Crippen LogP contribution < -0.4 is 20.9 Å². The largest absolute Gasteiger partial charge is 0.493 e. The summed E-state index contributed by atoms with van der Waals surface area (Å²) in [6.45, 7) is 0.488.